The molecule has 0 radical (unpaired) electrons. The molecule has 15 heavy (non-hydrogen) atoms. The first-order valence-corrected chi connectivity index (χ1v) is 5.73. The summed E-state index contributed by atoms with van der Waals surface area (Å²) in [6.07, 6.45) is 1.77. The van der Waals surface area contributed by atoms with Crippen LogP contribution >= 0.6 is 11.3 Å². The molecule has 2 aromatic heterocycles. The first kappa shape index (κ1) is 10.1. The molecule has 1 unspecified atom stereocenters. The highest BCUT2D eigenvalue weighted by Gasteiger charge is 2.07. The maximum atomic E-state index is 4.31. The van der Waals surface area contributed by atoms with E-state index in [0.717, 1.165) is 5.69 Å². The van der Waals surface area contributed by atoms with Crippen molar-refractivity contribution in [3.05, 3.63) is 40.3 Å². The maximum Gasteiger partial charge on any atom is 0.223 e. The van der Waals surface area contributed by atoms with Gasteiger partial charge in [-0.15, -0.1) is 11.3 Å². The van der Waals surface area contributed by atoms with Crippen LogP contribution in [0.1, 0.15) is 23.5 Å². The van der Waals surface area contributed by atoms with Gasteiger partial charge in [-0.25, -0.2) is 9.97 Å². The van der Waals surface area contributed by atoms with Crippen molar-refractivity contribution in [2.75, 3.05) is 5.32 Å². The van der Waals surface area contributed by atoms with E-state index in [4.69, 9.17) is 0 Å². The minimum absolute atomic E-state index is 0.256. The van der Waals surface area contributed by atoms with Gasteiger partial charge in [0.25, 0.3) is 0 Å². The lowest BCUT2D eigenvalue weighted by atomic mass is 10.3. The number of anilines is 1. The molecule has 0 aliphatic heterocycles. The van der Waals surface area contributed by atoms with E-state index in [-0.39, 0.29) is 6.04 Å². The second-order valence-electron chi connectivity index (χ2n) is 3.40. The Balaban J connectivity index is 2.09. The summed E-state index contributed by atoms with van der Waals surface area (Å²) in [6, 6.07) is 6.31. The molecule has 0 aromatic carbocycles. The second kappa shape index (κ2) is 4.40. The Morgan fingerprint density at radius 2 is 2.27 bits per heavy atom. The second-order valence-corrected chi connectivity index (χ2v) is 4.38. The quantitative estimate of drug-likeness (QED) is 0.862. The third kappa shape index (κ3) is 2.53. The molecular formula is C11H13N3S. The topological polar surface area (TPSA) is 37.8 Å². The minimum atomic E-state index is 0.256. The molecule has 0 saturated heterocycles. The normalized spacial score (nSPS) is 12.4. The van der Waals surface area contributed by atoms with E-state index in [9.17, 15) is 0 Å². The first-order chi connectivity index (χ1) is 7.25. The molecule has 0 aliphatic carbocycles. The molecule has 0 amide bonds. The molecule has 0 aliphatic rings. The SMILES string of the molecule is Cc1ccnc(NC(C)c2cccs2)n1. The average Bonchev–Trinajstić information content (AvgIpc) is 2.70. The van der Waals surface area contributed by atoms with E-state index >= 15 is 0 Å². The van der Waals surface area contributed by atoms with E-state index in [1.165, 1.54) is 4.88 Å². The summed E-state index contributed by atoms with van der Waals surface area (Å²) in [6.45, 7) is 4.07. The summed E-state index contributed by atoms with van der Waals surface area (Å²) in [4.78, 5) is 9.77. The van der Waals surface area contributed by atoms with Gasteiger partial charge in [0.1, 0.15) is 0 Å². The van der Waals surface area contributed by atoms with Crippen molar-refractivity contribution in [2.45, 2.75) is 19.9 Å². The summed E-state index contributed by atoms with van der Waals surface area (Å²) in [5.74, 6) is 0.691. The van der Waals surface area contributed by atoms with E-state index in [2.05, 4.69) is 39.7 Å². The van der Waals surface area contributed by atoms with Crippen molar-refractivity contribution in [3.8, 4) is 0 Å². The van der Waals surface area contributed by atoms with Crippen LogP contribution in [-0.4, -0.2) is 9.97 Å². The van der Waals surface area contributed by atoms with E-state index in [1.54, 1.807) is 17.5 Å². The molecule has 1 atom stereocenters. The van der Waals surface area contributed by atoms with Crippen molar-refractivity contribution in [1.29, 1.82) is 0 Å². The van der Waals surface area contributed by atoms with Crippen LogP contribution in [0.5, 0.6) is 0 Å². The number of nitrogens with one attached hydrogen (secondary N) is 1. The number of nitrogens with zero attached hydrogens (tertiary/aromatic N) is 2. The van der Waals surface area contributed by atoms with Gasteiger partial charge >= 0.3 is 0 Å². The highest BCUT2D eigenvalue weighted by atomic mass is 32.1. The number of rotatable bonds is 3. The maximum absolute atomic E-state index is 4.31. The van der Waals surface area contributed by atoms with Gasteiger partial charge in [-0.05, 0) is 31.4 Å². The van der Waals surface area contributed by atoms with Crippen LogP contribution in [0.2, 0.25) is 0 Å². The van der Waals surface area contributed by atoms with Gasteiger partial charge in [0, 0.05) is 16.8 Å². The van der Waals surface area contributed by atoms with Crippen LogP contribution in [-0.2, 0) is 0 Å². The van der Waals surface area contributed by atoms with Gasteiger partial charge in [0.2, 0.25) is 5.95 Å². The Hall–Kier alpha value is -1.42. The molecule has 3 nitrogen and oxygen atoms in total. The Bertz CT molecular complexity index is 425. The van der Waals surface area contributed by atoms with Gasteiger partial charge in [-0.1, -0.05) is 6.07 Å². The predicted octanol–water partition coefficient (Wildman–Crippen LogP) is 3.02. The molecule has 0 spiro atoms. The Labute approximate surface area is 93.2 Å². The smallest absolute Gasteiger partial charge is 0.223 e. The van der Waals surface area contributed by atoms with Crippen LogP contribution in [0, 0.1) is 6.92 Å². The van der Waals surface area contributed by atoms with Crippen molar-refractivity contribution >= 4 is 17.3 Å². The van der Waals surface area contributed by atoms with E-state index in [1.807, 2.05) is 13.0 Å². The fourth-order valence-corrected chi connectivity index (χ4v) is 2.06. The van der Waals surface area contributed by atoms with Crippen molar-refractivity contribution in [3.63, 3.8) is 0 Å². The molecule has 2 aromatic rings. The summed E-state index contributed by atoms with van der Waals surface area (Å²) >= 11 is 1.74. The van der Waals surface area contributed by atoms with Crippen molar-refractivity contribution in [1.82, 2.24) is 9.97 Å². The zero-order valence-electron chi connectivity index (χ0n) is 8.77. The Morgan fingerprint density at radius 1 is 1.40 bits per heavy atom. The van der Waals surface area contributed by atoms with Crippen molar-refractivity contribution < 1.29 is 0 Å². The lowest BCUT2D eigenvalue weighted by Crippen LogP contribution is -2.08. The largest absolute Gasteiger partial charge is 0.347 e. The van der Waals surface area contributed by atoms with Crippen LogP contribution < -0.4 is 5.32 Å². The molecule has 0 fully saturated rings. The fourth-order valence-electron chi connectivity index (χ4n) is 1.32. The van der Waals surface area contributed by atoms with Gasteiger partial charge < -0.3 is 5.32 Å². The van der Waals surface area contributed by atoms with Crippen LogP contribution in [0.15, 0.2) is 29.8 Å². The van der Waals surface area contributed by atoms with E-state index < -0.39 is 0 Å². The lowest BCUT2D eigenvalue weighted by Gasteiger charge is -2.11. The van der Waals surface area contributed by atoms with Gasteiger partial charge in [-0.2, -0.15) is 0 Å². The summed E-state index contributed by atoms with van der Waals surface area (Å²) in [5, 5.41) is 5.35. The molecule has 78 valence electrons. The minimum Gasteiger partial charge on any atom is -0.347 e. The molecule has 0 saturated carbocycles. The molecule has 2 rings (SSSR count). The Kier molecular flexibility index (Phi) is 2.97. The van der Waals surface area contributed by atoms with Gasteiger partial charge in [-0.3, -0.25) is 0 Å². The van der Waals surface area contributed by atoms with E-state index in [0.29, 0.717) is 5.95 Å². The Morgan fingerprint density at radius 3 is 2.93 bits per heavy atom. The summed E-state index contributed by atoms with van der Waals surface area (Å²) < 4.78 is 0. The molecule has 0 bridgehead atoms. The van der Waals surface area contributed by atoms with Gasteiger partial charge in [0.05, 0.1) is 6.04 Å². The predicted molar refractivity (Wildman–Crippen MR) is 63.1 cm³/mol. The number of aryl methyl sites for hydroxylation is 1. The monoisotopic (exact) mass is 219 g/mol. The summed E-state index contributed by atoms with van der Waals surface area (Å²) in [7, 11) is 0. The highest BCUT2D eigenvalue weighted by molar-refractivity contribution is 7.10. The number of hydrogen-bond acceptors (Lipinski definition) is 4. The highest BCUT2D eigenvalue weighted by Crippen LogP contribution is 2.21. The number of hydrogen-bond donors (Lipinski definition) is 1. The van der Waals surface area contributed by atoms with Crippen LogP contribution in [0.25, 0.3) is 0 Å². The lowest BCUT2D eigenvalue weighted by molar-refractivity contribution is 0.876. The molecule has 1 N–H and O–H groups in total. The number of aromatic nitrogens is 2. The van der Waals surface area contributed by atoms with Crippen LogP contribution in [0.3, 0.4) is 0 Å². The molecule has 2 heterocycles. The third-order valence-corrected chi connectivity index (χ3v) is 3.17. The van der Waals surface area contributed by atoms with Crippen molar-refractivity contribution in [2.24, 2.45) is 0 Å². The number of thiophene rings is 1. The zero-order valence-corrected chi connectivity index (χ0v) is 9.58. The molecule has 4 heteroatoms. The summed E-state index contributed by atoms with van der Waals surface area (Å²) in [5.41, 5.74) is 0.978. The molecular weight excluding hydrogens is 206 g/mol. The zero-order chi connectivity index (χ0) is 10.7. The first-order valence-electron chi connectivity index (χ1n) is 4.85. The third-order valence-electron chi connectivity index (χ3n) is 2.11. The average molecular weight is 219 g/mol. The van der Waals surface area contributed by atoms with Gasteiger partial charge in [0.15, 0.2) is 0 Å². The standard InChI is InChI=1S/C11H13N3S/c1-8-5-6-12-11(13-8)14-9(2)10-4-3-7-15-10/h3-7,9H,1-2H3,(H,12,13,14). The fraction of sp³-hybridized carbons (Fsp3) is 0.273. The van der Waals surface area contributed by atoms with Crippen LogP contribution in [0.4, 0.5) is 5.95 Å².